The van der Waals surface area contributed by atoms with Crippen molar-refractivity contribution in [3.63, 3.8) is 0 Å². The molecule has 0 bridgehead atoms. The molecule has 0 unspecified atom stereocenters. The van der Waals surface area contributed by atoms with E-state index in [0.717, 1.165) is 16.9 Å². The highest BCUT2D eigenvalue weighted by Gasteiger charge is 2.12. The molecule has 0 aliphatic carbocycles. The maximum atomic E-state index is 10.8. The third-order valence-electron chi connectivity index (χ3n) is 3.23. The summed E-state index contributed by atoms with van der Waals surface area (Å²) in [6.45, 7) is 3.82. The largest absolute Gasteiger partial charge is 0.340 e. The van der Waals surface area contributed by atoms with Crippen LogP contribution in [0, 0.1) is 24.0 Å². The van der Waals surface area contributed by atoms with E-state index in [0.29, 0.717) is 5.82 Å². The third kappa shape index (κ3) is 3.15. The smallest absolute Gasteiger partial charge is 0.307 e. The van der Waals surface area contributed by atoms with Crippen LogP contribution in [0.1, 0.15) is 11.3 Å². The molecule has 0 spiro atoms. The van der Waals surface area contributed by atoms with Gasteiger partial charge in [0.15, 0.2) is 0 Å². The highest BCUT2D eigenvalue weighted by atomic mass is 16.6. The van der Waals surface area contributed by atoms with Crippen molar-refractivity contribution in [3.05, 3.63) is 64.1 Å². The molecule has 2 aromatic heterocycles. The Balaban J connectivity index is 1.95. The number of anilines is 2. The van der Waals surface area contributed by atoms with Crippen LogP contribution in [0.15, 0.2) is 42.7 Å². The molecule has 0 radical (unpaired) electrons. The molecule has 8 heteroatoms. The maximum absolute atomic E-state index is 10.8. The number of hydrogen-bond donors (Lipinski definition) is 1. The fourth-order valence-corrected chi connectivity index (χ4v) is 2.09. The third-order valence-corrected chi connectivity index (χ3v) is 3.23. The van der Waals surface area contributed by atoms with Crippen LogP contribution in [-0.2, 0) is 0 Å². The first-order valence-corrected chi connectivity index (χ1v) is 6.91. The Morgan fingerprint density at radius 3 is 2.70 bits per heavy atom. The molecule has 0 aliphatic heterocycles. The molecule has 1 N–H and O–H groups in total. The van der Waals surface area contributed by atoms with Gasteiger partial charge in [0.25, 0.3) is 5.95 Å². The van der Waals surface area contributed by atoms with Crippen molar-refractivity contribution >= 4 is 17.2 Å². The maximum Gasteiger partial charge on any atom is 0.307 e. The molecule has 0 atom stereocenters. The molecular formula is C15H14N6O2. The second-order valence-corrected chi connectivity index (χ2v) is 5.03. The second kappa shape index (κ2) is 5.84. The molecule has 0 saturated carbocycles. The zero-order valence-electron chi connectivity index (χ0n) is 12.6. The lowest BCUT2D eigenvalue weighted by atomic mass is 10.2. The summed E-state index contributed by atoms with van der Waals surface area (Å²) in [5.41, 5.74) is 2.63. The molecule has 23 heavy (non-hydrogen) atoms. The zero-order valence-corrected chi connectivity index (χ0v) is 12.6. The van der Waals surface area contributed by atoms with Crippen LogP contribution in [-0.4, -0.2) is 24.7 Å². The molecule has 2 heterocycles. The summed E-state index contributed by atoms with van der Waals surface area (Å²) in [6.07, 6.45) is 2.45. The van der Waals surface area contributed by atoms with Gasteiger partial charge in [-0.15, -0.1) is 0 Å². The monoisotopic (exact) mass is 310 g/mol. The summed E-state index contributed by atoms with van der Waals surface area (Å²) in [5.74, 6) is 0.870. The van der Waals surface area contributed by atoms with Gasteiger partial charge in [0.05, 0.1) is 4.92 Å². The van der Waals surface area contributed by atoms with Crippen LogP contribution in [0.5, 0.6) is 0 Å². The van der Waals surface area contributed by atoms with Crippen LogP contribution in [0.4, 0.5) is 17.2 Å². The summed E-state index contributed by atoms with van der Waals surface area (Å²) in [4.78, 5) is 18.9. The summed E-state index contributed by atoms with van der Waals surface area (Å²) in [7, 11) is 0. The van der Waals surface area contributed by atoms with Crippen molar-refractivity contribution in [1.82, 2.24) is 19.7 Å². The Labute approximate surface area is 132 Å². The Bertz CT molecular complexity index is 874. The minimum Gasteiger partial charge on any atom is -0.340 e. The number of aromatic nitrogens is 4. The number of hydrogen-bond acceptors (Lipinski definition) is 6. The SMILES string of the molecule is Cc1cc(Nc2ccccc2C)nc(-n2cc([N+](=O)[O-])cn2)n1. The van der Waals surface area contributed by atoms with E-state index in [1.54, 1.807) is 6.07 Å². The molecule has 8 nitrogen and oxygen atoms in total. The molecule has 0 amide bonds. The molecule has 116 valence electrons. The highest BCUT2D eigenvalue weighted by Crippen LogP contribution is 2.20. The van der Waals surface area contributed by atoms with E-state index in [2.05, 4.69) is 20.4 Å². The van der Waals surface area contributed by atoms with Gasteiger partial charge >= 0.3 is 5.69 Å². The fraction of sp³-hybridized carbons (Fsp3) is 0.133. The van der Waals surface area contributed by atoms with Crippen molar-refractivity contribution < 1.29 is 4.92 Å². The van der Waals surface area contributed by atoms with E-state index in [1.165, 1.54) is 17.1 Å². The summed E-state index contributed by atoms with van der Waals surface area (Å²) >= 11 is 0. The molecule has 0 saturated heterocycles. The lowest BCUT2D eigenvalue weighted by Crippen LogP contribution is -2.06. The number of nitrogens with one attached hydrogen (secondary N) is 1. The Hall–Kier alpha value is -3.29. The molecular weight excluding hydrogens is 296 g/mol. The lowest BCUT2D eigenvalue weighted by Gasteiger charge is -2.10. The van der Waals surface area contributed by atoms with Gasteiger partial charge in [-0.05, 0) is 25.5 Å². The number of nitro groups is 1. The minimum absolute atomic E-state index is 0.108. The first-order chi connectivity index (χ1) is 11.0. The fourth-order valence-electron chi connectivity index (χ4n) is 2.09. The van der Waals surface area contributed by atoms with Gasteiger partial charge < -0.3 is 5.32 Å². The van der Waals surface area contributed by atoms with Crippen LogP contribution < -0.4 is 5.32 Å². The number of nitrogens with zero attached hydrogens (tertiary/aromatic N) is 5. The number of rotatable bonds is 4. The van der Waals surface area contributed by atoms with Crippen molar-refractivity contribution in [2.24, 2.45) is 0 Å². The van der Waals surface area contributed by atoms with Crippen LogP contribution in [0.3, 0.4) is 0 Å². The normalized spacial score (nSPS) is 10.5. The van der Waals surface area contributed by atoms with E-state index < -0.39 is 4.92 Å². The topological polar surface area (TPSA) is 98.8 Å². The summed E-state index contributed by atoms with van der Waals surface area (Å²) < 4.78 is 1.29. The van der Waals surface area contributed by atoms with Crippen molar-refractivity contribution in [2.45, 2.75) is 13.8 Å². The predicted octanol–water partition coefficient (Wildman–Crippen LogP) is 2.93. The van der Waals surface area contributed by atoms with Gasteiger partial charge in [-0.1, -0.05) is 18.2 Å². The minimum atomic E-state index is -0.508. The molecule has 3 aromatic rings. The number of para-hydroxylation sites is 1. The second-order valence-electron chi connectivity index (χ2n) is 5.03. The molecule has 1 aromatic carbocycles. The van der Waals surface area contributed by atoms with Gasteiger partial charge in [-0.3, -0.25) is 10.1 Å². The predicted molar refractivity (Wildman–Crippen MR) is 85.0 cm³/mol. The first-order valence-electron chi connectivity index (χ1n) is 6.91. The Kier molecular flexibility index (Phi) is 3.71. The summed E-state index contributed by atoms with van der Waals surface area (Å²) in [6, 6.07) is 9.63. The highest BCUT2D eigenvalue weighted by molar-refractivity contribution is 5.60. The first kappa shape index (κ1) is 14.6. The average molecular weight is 310 g/mol. The van der Waals surface area contributed by atoms with Crippen molar-refractivity contribution in [1.29, 1.82) is 0 Å². The number of aryl methyl sites for hydroxylation is 2. The van der Waals surface area contributed by atoms with Gasteiger partial charge in [0.1, 0.15) is 18.2 Å². The van der Waals surface area contributed by atoms with Gasteiger partial charge in [-0.2, -0.15) is 14.8 Å². The van der Waals surface area contributed by atoms with E-state index >= 15 is 0 Å². The van der Waals surface area contributed by atoms with Gasteiger partial charge in [0.2, 0.25) is 0 Å². The van der Waals surface area contributed by atoms with Gasteiger partial charge in [-0.25, -0.2) is 4.98 Å². The van der Waals surface area contributed by atoms with E-state index in [-0.39, 0.29) is 11.6 Å². The van der Waals surface area contributed by atoms with E-state index in [1.807, 2.05) is 38.1 Å². The zero-order chi connectivity index (χ0) is 16.4. The van der Waals surface area contributed by atoms with E-state index in [9.17, 15) is 10.1 Å². The van der Waals surface area contributed by atoms with E-state index in [4.69, 9.17) is 0 Å². The lowest BCUT2D eigenvalue weighted by molar-refractivity contribution is -0.384. The number of benzene rings is 1. The van der Waals surface area contributed by atoms with Crippen molar-refractivity contribution in [2.75, 3.05) is 5.32 Å². The molecule has 3 rings (SSSR count). The van der Waals surface area contributed by atoms with Crippen LogP contribution >= 0.6 is 0 Å². The Morgan fingerprint density at radius 1 is 1.22 bits per heavy atom. The van der Waals surface area contributed by atoms with Crippen LogP contribution in [0.2, 0.25) is 0 Å². The van der Waals surface area contributed by atoms with Crippen molar-refractivity contribution in [3.8, 4) is 5.95 Å². The standard InChI is InChI=1S/C15H14N6O2/c1-10-5-3-4-6-13(10)18-14-7-11(2)17-15(19-14)20-9-12(8-16-20)21(22)23/h3-9H,1-2H3,(H,17,18,19). The van der Waals surface area contributed by atoms with Gasteiger partial charge in [0, 0.05) is 17.4 Å². The average Bonchev–Trinajstić information content (AvgIpc) is 2.99. The molecule has 0 aliphatic rings. The summed E-state index contributed by atoms with van der Waals surface area (Å²) in [5, 5.41) is 17.9. The Morgan fingerprint density at radius 2 is 2.00 bits per heavy atom. The quantitative estimate of drug-likeness (QED) is 0.587. The van der Waals surface area contributed by atoms with Crippen LogP contribution in [0.25, 0.3) is 5.95 Å². The molecule has 0 fully saturated rings.